The van der Waals surface area contributed by atoms with Crippen LogP contribution in [0.5, 0.6) is 5.75 Å². The molecule has 0 aliphatic carbocycles. The van der Waals surface area contributed by atoms with E-state index in [1.54, 1.807) is 50.2 Å². The Hall–Kier alpha value is -2.34. The molecule has 0 aliphatic rings. The van der Waals surface area contributed by atoms with Crippen LogP contribution >= 0.6 is 0 Å². The van der Waals surface area contributed by atoms with Gasteiger partial charge in [0.25, 0.3) is 10.0 Å². The van der Waals surface area contributed by atoms with Crippen molar-refractivity contribution in [2.75, 3.05) is 11.4 Å². The molecule has 0 radical (unpaired) electrons. The van der Waals surface area contributed by atoms with Gasteiger partial charge in [0.2, 0.25) is 5.91 Å². The molecule has 0 atom stereocenters. The maximum atomic E-state index is 13.1. The van der Waals surface area contributed by atoms with E-state index in [0.29, 0.717) is 11.4 Å². The molecule has 2 aromatic rings. The number of rotatable bonds is 6. The first-order valence-electron chi connectivity index (χ1n) is 8.13. The van der Waals surface area contributed by atoms with Crippen LogP contribution < -0.4 is 9.04 Å². The number of anilines is 1. The van der Waals surface area contributed by atoms with Gasteiger partial charge in [-0.1, -0.05) is 32.9 Å². The Kier molecular flexibility index (Phi) is 5.85. The van der Waals surface area contributed by atoms with Crippen molar-refractivity contribution >= 4 is 21.6 Å². The fourth-order valence-electron chi connectivity index (χ4n) is 2.34. The molecular formula is C19H23NO4S. The van der Waals surface area contributed by atoms with Crippen molar-refractivity contribution in [1.29, 1.82) is 0 Å². The van der Waals surface area contributed by atoms with Gasteiger partial charge in [-0.2, -0.15) is 0 Å². The SMILES string of the molecule is CCc1ccc(S(=O)(=O)N(C(=O)C(C)C)c2ccc(OC)cc2)cc1. The molecule has 0 aliphatic heterocycles. The molecule has 0 aromatic heterocycles. The smallest absolute Gasteiger partial charge is 0.270 e. The largest absolute Gasteiger partial charge is 0.497 e. The maximum absolute atomic E-state index is 13.1. The summed E-state index contributed by atoms with van der Waals surface area (Å²) < 4.78 is 32.2. The van der Waals surface area contributed by atoms with Gasteiger partial charge in [-0.25, -0.2) is 12.7 Å². The highest BCUT2D eigenvalue weighted by atomic mass is 32.2. The number of sulfonamides is 1. The third kappa shape index (κ3) is 4.02. The number of carbonyl (C=O) groups excluding carboxylic acids is 1. The standard InChI is InChI=1S/C19H23NO4S/c1-5-15-6-12-18(13-7-15)25(22,23)20(19(21)14(2)3)16-8-10-17(24-4)11-9-16/h6-14H,5H2,1-4H3. The van der Waals surface area contributed by atoms with Crippen molar-refractivity contribution in [2.45, 2.75) is 32.1 Å². The van der Waals surface area contributed by atoms with Gasteiger partial charge in [0.15, 0.2) is 0 Å². The minimum Gasteiger partial charge on any atom is -0.497 e. The van der Waals surface area contributed by atoms with E-state index in [9.17, 15) is 13.2 Å². The second-order valence-electron chi connectivity index (χ2n) is 5.96. The van der Waals surface area contributed by atoms with Crippen LogP contribution in [-0.4, -0.2) is 21.4 Å². The van der Waals surface area contributed by atoms with Gasteiger partial charge in [-0.15, -0.1) is 0 Å². The molecule has 0 fully saturated rings. The number of benzene rings is 2. The van der Waals surface area contributed by atoms with Crippen molar-refractivity contribution in [2.24, 2.45) is 5.92 Å². The zero-order chi connectivity index (χ0) is 18.6. The summed E-state index contributed by atoms with van der Waals surface area (Å²) in [5.41, 5.74) is 1.32. The summed E-state index contributed by atoms with van der Waals surface area (Å²) in [5, 5.41) is 0. The Morgan fingerprint density at radius 2 is 1.60 bits per heavy atom. The van der Waals surface area contributed by atoms with Crippen LogP contribution in [0.2, 0.25) is 0 Å². The molecule has 0 unspecified atom stereocenters. The van der Waals surface area contributed by atoms with E-state index in [4.69, 9.17) is 4.74 Å². The monoisotopic (exact) mass is 361 g/mol. The number of methoxy groups -OCH3 is 1. The average molecular weight is 361 g/mol. The number of carbonyl (C=O) groups is 1. The summed E-state index contributed by atoms with van der Waals surface area (Å²) >= 11 is 0. The summed E-state index contributed by atoms with van der Waals surface area (Å²) in [6.07, 6.45) is 0.813. The zero-order valence-corrected chi connectivity index (χ0v) is 15.7. The lowest BCUT2D eigenvalue weighted by atomic mass is 10.2. The Labute approximate surface area is 149 Å². The summed E-state index contributed by atoms with van der Waals surface area (Å²) in [6, 6.07) is 13.0. The van der Waals surface area contributed by atoms with E-state index in [1.165, 1.54) is 19.2 Å². The molecule has 0 heterocycles. The van der Waals surface area contributed by atoms with Gasteiger partial charge in [0.05, 0.1) is 17.7 Å². The molecule has 2 rings (SSSR count). The lowest BCUT2D eigenvalue weighted by Gasteiger charge is -2.24. The third-order valence-electron chi connectivity index (χ3n) is 3.87. The fourth-order valence-corrected chi connectivity index (χ4v) is 3.88. The highest BCUT2D eigenvalue weighted by Gasteiger charge is 2.32. The van der Waals surface area contributed by atoms with Crippen LogP contribution in [0.15, 0.2) is 53.4 Å². The number of nitrogens with zero attached hydrogens (tertiary/aromatic N) is 1. The van der Waals surface area contributed by atoms with Crippen LogP contribution in [0, 0.1) is 5.92 Å². The van der Waals surface area contributed by atoms with Crippen LogP contribution in [-0.2, 0) is 21.2 Å². The average Bonchev–Trinajstić information content (AvgIpc) is 2.62. The number of aryl methyl sites for hydroxylation is 1. The first-order chi connectivity index (χ1) is 11.8. The van der Waals surface area contributed by atoms with E-state index in [-0.39, 0.29) is 4.90 Å². The number of ether oxygens (including phenoxy) is 1. The molecule has 6 heteroatoms. The van der Waals surface area contributed by atoms with Crippen LogP contribution in [0.1, 0.15) is 26.3 Å². The number of hydrogen-bond donors (Lipinski definition) is 0. The Bertz CT molecular complexity index is 825. The second-order valence-corrected chi connectivity index (χ2v) is 7.74. The molecule has 0 saturated carbocycles. The number of hydrogen-bond acceptors (Lipinski definition) is 4. The van der Waals surface area contributed by atoms with Crippen molar-refractivity contribution in [1.82, 2.24) is 0 Å². The normalized spacial score (nSPS) is 11.4. The first kappa shape index (κ1) is 19.0. The van der Waals surface area contributed by atoms with Crippen LogP contribution in [0.4, 0.5) is 5.69 Å². The van der Waals surface area contributed by atoms with Crippen molar-refractivity contribution in [3.63, 3.8) is 0 Å². The van der Waals surface area contributed by atoms with Gasteiger partial charge in [0, 0.05) is 5.92 Å². The summed E-state index contributed by atoms with van der Waals surface area (Å²) in [7, 11) is -2.47. The van der Waals surface area contributed by atoms with Gasteiger partial charge in [-0.3, -0.25) is 4.79 Å². The zero-order valence-electron chi connectivity index (χ0n) is 14.9. The molecule has 25 heavy (non-hydrogen) atoms. The van der Waals surface area contributed by atoms with Crippen molar-refractivity contribution in [3.05, 3.63) is 54.1 Å². The number of amides is 1. The van der Waals surface area contributed by atoms with Gasteiger partial charge in [-0.05, 0) is 48.4 Å². The van der Waals surface area contributed by atoms with Gasteiger partial charge in [0.1, 0.15) is 5.75 Å². The van der Waals surface area contributed by atoms with E-state index in [2.05, 4.69) is 0 Å². The molecule has 134 valence electrons. The van der Waals surface area contributed by atoms with Gasteiger partial charge >= 0.3 is 0 Å². The third-order valence-corrected chi connectivity index (χ3v) is 5.61. The van der Waals surface area contributed by atoms with E-state index < -0.39 is 21.8 Å². The molecule has 0 bridgehead atoms. The summed E-state index contributed by atoms with van der Waals surface area (Å²) in [4.78, 5) is 12.7. The van der Waals surface area contributed by atoms with Crippen LogP contribution in [0.3, 0.4) is 0 Å². The fraction of sp³-hybridized carbons (Fsp3) is 0.316. The lowest BCUT2D eigenvalue weighted by Crippen LogP contribution is -2.39. The Morgan fingerprint density at radius 3 is 2.04 bits per heavy atom. The van der Waals surface area contributed by atoms with E-state index in [0.717, 1.165) is 16.3 Å². The molecule has 5 nitrogen and oxygen atoms in total. The highest BCUT2D eigenvalue weighted by Crippen LogP contribution is 2.27. The molecule has 0 saturated heterocycles. The molecule has 1 amide bonds. The maximum Gasteiger partial charge on any atom is 0.270 e. The molecule has 2 aromatic carbocycles. The lowest BCUT2D eigenvalue weighted by molar-refractivity contribution is -0.120. The Morgan fingerprint density at radius 1 is 1.04 bits per heavy atom. The quantitative estimate of drug-likeness (QED) is 0.788. The minimum absolute atomic E-state index is 0.0921. The predicted molar refractivity (Wildman–Crippen MR) is 98.3 cm³/mol. The molecular weight excluding hydrogens is 338 g/mol. The highest BCUT2D eigenvalue weighted by molar-refractivity contribution is 7.93. The predicted octanol–water partition coefficient (Wildman–Crippen LogP) is 3.64. The van der Waals surface area contributed by atoms with Crippen LogP contribution in [0.25, 0.3) is 0 Å². The van der Waals surface area contributed by atoms with E-state index >= 15 is 0 Å². The summed E-state index contributed by atoms with van der Waals surface area (Å²) in [5.74, 6) is -0.359. The van der Waals surface area contributed by atoms with Crippen molar-refractivity contribution in [3.8, 4) is 5.75 Å². The first-order valence-corrected chi connectivity index (χ1v) is 9.57. The Balaban J connectivity index is 2.54. The topological polar surface area (TPSA) is 63.7 Å². The molecule has 0 N–H and O–H groups in total. The molecule has 0 spiro atoms. The second kappa shape index (κ2) is 7.70. The van der Waals surface area contributed by atoms with Gasteiger partial charge < -0.3 is 4.74 Å². The summed E-state index contributed by atoms with van der Waals surface area (Å²) in [6.45, 7) is 5.35. The van der Waals surface area contributed by atoms with E-state index in [1.807, 2.05) is 6.92 Å². The van der Waals surface area contributed by atoms with Crippen molar-refractivity contribution < 1.29 is 17.9 Å². The minimum atomic E-state index is -4.00.